The van der Waals surface area contributed by atoms with Gasteiger partial charge in [-0.05, 0) is 30.5 Å². The van der Waals surface area contributed by atoms with E-state index in [4.69, 9.17) is 0 Å². The first-order valence-electron chi connectivity index (χ1n) is 5.77. The van der Waals surface area contributed by atoms with Gasteiger partial charge in [0.25, 0.3) is 0 Å². The highest BCUT2D eigenvalue weighted by molar-refractivity contribution is 7.89. The summed E-state index contributed by atoms with van der Waals surface area (Å²) in [6, 6.07) is 8.48. The van der Waals surface area contributed by atoms with Gasteiger partial charge in [-0.25, -0.2) is 13.1 Å². The smallest absolute Gasteiger partial charge is 0.240 e. The van der Waals surface area contributed by atoms with Gasteiger partial charge < -0.3 is 5.32 Å². The molecule has 1 aromatic rings. The van der Waals surface area contributed by atoms with Crippen molar-refractivity contribution in [2.45, 2.75) is 18.2 Å². The maximum absolute atomic E-state index is 12.0. The maximum Gasteiger partial charge on any atom is 0.240 e. The Hall–Kier alpha value is -0.910. The summed E-state index contributed by atoms with van der Waals surface area (Å²) in [6.45, 7) is 4.41. The summed E-state index contributed by atoms with van der Waals surface area (Å²) < 4.78 is 26.7. The van der Waals surface area contributed by atoms with Gasteiger partial charge in [-0.15, -0.1) is 0 Å². The Morgan fingerprint density at radius 1 is 1.35 bits per heavy atom. The second-order valence-corrected chi connectivity index (χ2v) is 6.64. The Morgan fingerprint density at radius 3 is 2.65 bits per heavy atom. The summed E-state index contributed by atoms with van der Waals surface area (Å²) in [7, 11) is -3.36. The molecular formula is C12H18N2O2S. The fraction of sp³-hybridized carbons (Fsp3) is 0.500. The van der Waals surface area contributed by atoms with Crippen LogP contribution in [0.2, 0.25) is 0 Å². The second-order valence-electron chi connectivity index (χ2n) is 4.88. The van der Waals surface area contributed by atoms with E-state index in [1.54, 1.807) is 30.3 Å². The van der Waals surface area contributed by atoms with Crippen LogP contribution in [0.15, 0.2) is 35.2 Å². The SMILES string of the molecule is CC1(CNS(=O)(=O)c2ccccc2)CCNC1. The van der Waals surface area contributed by atoms with Crippen LogP contribution in [-0.4, -0.2) is 28.1 Å². The van der Waals surface area contributed by atoms with Crippen molar-refractivity contribution < 1.29 is 8.42 Å². The molecule has 1 heterocycles. The Kier molecular flexibility index (Phi) is 3.51. The van der Waals surface area contributed by atoms with E-state index >= 15 is 0 Å². The minimum atomic E-state index is -3.36. The molecule has 0 saturated carbocycles. The lowest BCUT2D eigenvalue weighted by atomic mass is 9.90. The van der Waals surface area contributed by atoms with Crippen LogP contribution >= 0.6 is 0 Å². The minimum absolute atomic E-state index is 0.0296. The Balaban J connectivity index is 2.04. The molecule has 0 spiro atoms. The molecule has 94 valence electrons. The topological polar surface area (TPSA) is 58.2 Å². The van der Waals surface area contributed by atoms with Gasteiger partial charge in [0.1, 0.15) is 0 Å². The number of hydrogen-bond donors (Lipinski definition) is 2. The first-order chi connectivity index (χ1) is 8.02. The third kappa shape index (κ3) is 3.06. The molecule has 0 amide bonds. The predicted octanol–water partition coefficient (Wildman–Crippen LogP) is 0.964. The fourth-order valence-corrected chi connectivity index (χ4v) is 3.19. The quantitative estimate of drug-likeness (QED) is 0.841. The molecule has 4 nitrogen and oxygen atoms in total. The molecule has 5 heteroatoms. The van der Waals surface area contributed by atoms with Crippen LogP contribution in [0.4, 0.5) is 0 Å². The van der Waals surface area contributed by atoms with Crippen LogP contribution in [0.5, 0.6) is 0 Å². The van der Waals surface area contributed by atoms with Crippen LogP contribution in [0.1, 0.15) is 13.3 Å². The molecule has 0 aromatic heterocycles. The summed E-state index contributed by atoms with van der Waals surface area (Å²) >= 11 is 0. The Labute approximate surface area is 102 Å². The molecule has 1 unspecified atom stereocenters. The summed E-state index contributed by atoms with van der Waals surface area (Å²) in [6.07, 6.45) is 1.00. The van der Waals surface area contributed by atoms with E-state index in [1.165, 1.54) is 0 Å². The molecule has 0 bridgehead atoms. The molecule has 2 rings (SSSR count). The molecule has 2 N–H and O–H groups in total. The monoisotopic (exact) mass is 254 g/mol. The number of rotatable bonds is 4. The van der Waals surface area contributed by atoms with E-state index in [-0.39, 0.29) is 5.41 Å². The van der Waals surface area contributed by atoms with Crippen LogP contribution in [-0.2, 0) is 10.0 Å². The third-order valence-corrected chi connectivity index (χ3v) is 4.62. The molecule has 1 fully saturated rings. The van der Waals surface area contributed by atoms with Gasteiger partial charge in [-0.1, -0.05) is 25.1 Å². The van der Waals surface area contributed by atoms with Gasteiger partial charge in [0.05, 0.1) is 4.90 Å². The zero-order valence-corrected chi connectivity index (χ0v) is 10.8. The van der Waals surface area contributed by atoms with Crippen molar-refractivity contribution in [2.75, 3.05) is 19.6 Å². The van der Waals surface area contributed by atoms with Crippen molar-refractivity contribution >= 4 is 10.0 Å². The first-order valence-corrected chi connectivity index (χ1v) is 7.26. The highest BCUT2D eigenvalue weighted by Gasteiger charge is 2.30. The van der Waals surface area contributed by atoms with Gasteiger partial charge >= 0.3 is 0 Å². The highest BCUT2D eigenvalue weighted by Crippen LogP contribution is 2.23. The molecule has 1 aromatic carbocycles. The first kappa shape index (κ1) is 12.5. The normalized spacial score (nSPS) is 25.0. The van der Waals surface area contributed by atoms with E-state index in [0.717, 1.165) is 19.5 Å². The van der Waals surface area contributed by atoms with Crippen molar-refractivity contribution in [1.82, 2.24) is 10.0 Å². The molecule has 0 aliphatic carbocycles. The van der Waals surface area contributed by atoms with Gasteiger partial charge in [-0.2, -0.15) is 0 Å². The lowest BCUT2D eigenvalue weighted by Crippen LogP contribution is -2.37. The molecule has 1 atom stereocenters. The van der Waals surface area contributed by atoms with Crippen molar-refractivity contribution in [2.24, 2.45) is 5.41 Å². The largest absolute Gasteiger partial charge is 0.316 e. The lowest BCUT2D eigenvalue weighted by Gasteiger charge is -2.22. The predicted molar refractivity (Wildman–Crippen MR) is 67.2 cm³/mol. The molecule has 1 aliphatic rings. The Morgan fingerprint density at radius 2 is 2.06 bits per heavy atom. The number of benzene rings is 1. The summed E-state index contributed by atoms with van der Waals surface area (Å²) in [5.74, 6) is 0. The summed E-state index contributed by atoms with van der Waals surface area (Å²) in [4.78, 5) is 0.328. The van der Waals surface area contributed by atoms with Crippen molar-refractivity contribution in [3.8, 4) is 0 Å². The molecular weight excluding hydrogens is 236 g/mol. The second kappa shape index (κ2) is 4.76. The average Bonchev–Trinajstić information content (AvgIpc) is 2.76. The highest BCUT2D eigenvalue weighted by atomic mass is 32.2. The van der Waals surface area contributed by atoms with E-state index < -0.39 is 10.0 Å². The molecule has 1 saturated heterocycles. The minimum Gasteiger partial charge on any atom is -0.316 e. The summed E-state index contributed by atoms with van der Waals surface area (Å²) in [5, 5.41) is 3.25. The van der Waals surface area contributed by atoms with Crippen molar-refractivity contribution in [3.05, 3.63) is 30.3 Å². The van der Waals surface area contributed by atoms with Crippen molar-refractivity contribution in [1.29, 1.82) is 0 Å². The van der Waals surface area contributed by atoms with E-state index in [9.17, 15) is 8.42 Å². The van der Waals surface area contributed by atoms with E-state index in [1.807, 2.05) is 0 Å². The van der Waals surface area contributed by atoms with Gasteiger partial charge in [0.2, 0.25) is 10.0 Å². The zero-order chi connectivity index (χ0) is 12.4. The van der Waals surface area contributed by atoms with Crippen LogP contribution in [0.25, 0.3) is 0 Å². The molecule has 17 heavy (non-hydrogen) atoms. The lowest BCUT2D eigenvalue weighted by molar-refractivity contribution is 0.363. The fourth-order valence-electron chi connectivity index (χ4n) is 1.97. The molecule has 0 radical (unpaired) electrons. The summed E-state index contributed by atoms with van der Waals surface area (Å²) in [5.41, 5.74) is 0.0296. The van der Waals surface area contributed by atoms with Gasteiger partial charge in [-0.3, -0.25) is 0 Å². The number of hydrogen-bond acceptors (Lipinski definition) is 3. The number of sulfonamides is 1. The van der Waals surface area contributed by atoms with Crippen molar-refractivity contribution in [3.63, 3.8) is 0 Å². The van der Waals surface area contributed by atoms with Crippen LogP contribution in [0.3, 0.4) is 0 Å². The van der Waals surface area contributed by atoms with E-state index in [0.29, 0.717) is 11.4 Å². The zero-order valence-electron chi connectivity index (χ0n) is 9.94. The average molecular weight is 254 g/mol. The van der Waals surface area contributed by atoms with E-state index in [2.05, 4.69) is 17.0 Å². The third-order valence-electron chi connectivity index (χ3n) is 3.20. The van der Waals surface area contributed by atoms with Crippen LogP contribution in [0, 0.1) is 5.41 Å². The maximum atomic E-state index is 12.0. The van der Waals surface area contributed by atoms with Gasteiger partial charge in [0.15, 0.2) is 0 Å². The van der Waals surface area contributed by atoms with Gasteiger partial charge in [0, 0.05) is 13.1 Å². The van der Waals surface area contributed by atoms with Crippen LogP contribution < -0.4 is 10.0 Å². The number of nitrogens with one attached hydrogen (secondary N) is 2. The Bertz CT molecular complexity index is 465. The molecule has 1 aliphatic heterocycles. The standard InChI is InChI=1S/C12H18N2O2S/c1-12(7-8-13-9-12)10-14-17(15,16)11-5-3-2-4-6-11/h2-6,13-14H,7-10H2,1H3.